The zero-order chi connectivity index (χ0) is 16.8. The fourth-order valence-electron chi connectivity index (χ4n) is 2.17. The largest absolute Gasteiger partial charge is 0.417 e. The van der Waals surface area contributed by atoms with Gasteiger partial charge in [-0.3, -0.25) is 4.79 Å². The highest BCUT2D eigenvalue weighted by Gasteiger charge is 2.38. The van der Waals surface area contributed by atoms with Gasteiger partial charge in [0, 0.05) is 5.39 Å². The second-order valence-electron chi connectivity index (χ2n) is 5.25. The summed E-state index contributed by atoms with van der Waals surface area (Å²) < 4.78 is 64.7. The van der Waals surface area contributed by atoms with Crippen LogP contribution in [0.15, 0.2) is 30.3 Å². The molecular formula is C14H11F3N2O3S. The van der Waals surface area contributed by atoms with Crippen LogP contribution in [0.25, 0.3) is 10.9 Å². The van der Waals surface area contributed by atoms with Gasteiger partial charge >= 0.3 is 6.18 Å². The van der Waals surface area contributed by atoms with Gasteiger partial charge in [0.1, 0.15) is 5.69 Å². The molecule has 0 saturated heterocycles. The van der Waals surface area contributed by atoms with Crippen LogP contribution in [0.3, 0.4) is 0 Å². The van der Waals surface area contributed by atoms with Crippen molar-refractivity contribution in [2.75, 3.05) is 0 Å². The fourth-order valence-corrected chi connectivity index (χ4v) is 3.46. The number of fused-ring (bicyclic) bond motifs is 1. The third kappa shape index (κ3) is 3.14. The number of amides is 1. The molecular weight excluding hydrogens is 333 g/mol. The predicted molar refractivity (Wildman–Crippen MR) is 76.2 cm³/mol. The Bertz CT molecular complexity index is 890. The summed E-state index contributed by atoms with van der Waals surface area (Å²) in [6.45, 7) is 0. The molecule has 1 heterocycles. The molecule has 0 bridgehead atoms. The van der Waals surface area contributed by atoms with E-state index in [1.165, 1.54) is 24.3 Å². The Kier molecular flexibility index (Phi) is 3.55. The molecule has 0 unspecified atom stereocenters. The molecule has 1 aliphatic carbocycles. The van der Waals surface area contributed by atoms with E-state index in [4.69, 9.17) is 0 Å². The average molecular weight is 344 g/mol. The fraction of sp³-hybridized carbons (Fsp3) is 0.286. The van der Waals surface area contributed by atoms with Crippen LogP contribution in [0.5, 0.6) is 0 Å². The number of nitrogens with zero attached hydrogens (tertiary/aromatic N) is 1. The summed E-state index contributed by atoms with van der Waals surface area (Å²) in [5, 5.41) is -0.810. The number of carbonyl (C=O) groups excluding carboxylic acids is 1. The van der Waals surface area contributed by atoms with E-state index in [0.717, 1.165) is 0 Å². The highest BCUT2D eigenvalue weighted by molar-refractivity contribution is 7.91. The number of pyridine rings is 1. The summed E-state index contributed by atoms with van der Waals surface area (Å²) in [5.74, 6) is -1.16. The van der Waals surface area contributed by atoms with E-state index in [-0.39, 0.29) is 10.9 Å². The summed E-state index contributed by atoms with van der Waals surface area (Å²) in [5.41, 5.74) is -1.64. The molecule has 0 aliphatic heterocycles. The van der Waals surface area contributed by atoms with E-state index in [0.29, 0.717) is 18.9 Å². The summed E-state index contributed by atoms with van der Waals surface area (Å²) >= 11 is 0. The van der Waals surface area contributed by atoms with Crippen LogP contribution in [-0.4, -0.2) is 24.6 Å². The van der Waals surface area contributed by atoms with Crippen LogP contribution < -0.4 is 4.72 Å². The number of alkyl halides is 3. The quantitative estimate of drug-likeness (QED) is 0.928. The number of hydrogen-bond donors (Lipinski definition) is 1. The molecule has 5 nitrogen and oxygen atoms in total. The van der Waals surface area contributed by atoms with Gasteiger partial charge in [-0.15, -0.1) is 0 Å². The molecule has 1 amide bonds. The molecule has 1 fully saturated rings. The smallest absolute Gasteiger partial charge is 0.266 e. The maximum atomic E-state index is 13.2. The lowest BCUT2D eigenvalue weighted by Crippen LogP contribution is -2.34. The van der Waals surface area contributed by atoms with Crippen LogP contribution in [0.1, 0.15) is 28.9 Å². The zero-order valence-corrected chi connectivity index (χ0v) is 12.4. The Morgan fingerprint density at radius 2 is 1.87 bits per heavy atom. The van der Waals surface area contributed by atoms with Crippen molar-refractivity contribution in [2.24, 2.45) is 0 Å². The molecule has 1 N–H and O–H groups in total. The molecule has 2 aromatic rings. The Labute approximate surface area is 129 Å². The molecule has 0 atom stereocenters. The summed E-state index contributed by atoms with van der Waals surface area (Å²) in [4.78, 5) is 15.8. The third-order valence-corrected chi connectivity index (χ3v) is 5.27. The van der Waals surface area contributed by atoms with Gasteiger partial charge in [-0.05, 0) is 25.0 Å². The van der Waals surface area contributed by atoms with Crippen LogP contribution in [0.4, 0.5) is 13.2 Å². The molecule has 0 radical (unpaired) electrons. The average Bonchev–Trinajstić information content (AvgIpc) is 3.29. The minimum atomic E-state index is -4.69. The van der Waals surface area contributed by atoms with Crippen molar-refractivity contribution in [2.45, 2.75) is 24.3 Å². The molecule has 1 aliphatic rings. The van der Waals surface area contributed by atoms with Gasteiger partial charge in [0.2, 0.25) is 10.0 Å². The SMILES string of the molecule is O=C(NS(=O)(=O)C1CC1)c1cc(C(F)(F)F)c2ccccc2n1. The Balaban J connectivity index is 2.06. The van der Waals surface area contributed by atoms with Gasteiger partial charge in [0.15, 0.2) is 0 Å². The maximum Gasteiger partial charge on any atom is 0.417 e. The second-order valence-corrected chi connectivity index (χ2v) is 7.21. The number of hydrogen-bond acceptors (Lipinski definition) is 4. The highest BCUT2D eigenvalue weighted by Crippen LogP contribution is 2.35. The summed E-state index contributed by atoms with van der Waals surface area (Å²) in [6.07, 6.45) is -3.82. The van der Waals surface area contributed by atoms with Crippen molar-refractivity contribution in [3.63, 3.8) is 0 Å². The normalized spacial score (nSPS) is 15.6. The zero-order valence-electron chi connectivity index (χ0n) is 11.6. The van der Waals surface area contributed by atoms with Crippen LogP contribution >= 0.6 is 0 Å². The van der Waals surface area contributed by atoms with E-state index in [1.54, 1.807) is 4.72 Å². The van der Waals surface area contributed by atoms with E-state index >= 15 is 0 Å². The number of carbonyl (C=O) groups is 1. The third-order valence-electron chi connectivity index (χ3n) is 3.45. The maximum absolute atomic E-state index is 13.2. The molecule has 23 heavy (non-hydrogen) atoms. The first kappa shape index (κ1) is 15.7. The number of aromatic nitrogens is 1. The van der Waals surface area contributed by atoms with E-state index in [9.17, 15) is 26.4 Å². The number of nitrogens with one attached hydrogen (secondary N) is 1. The lowest BCUT2D eigenvalue weighted by Gasteiger charge is -2.12. The lowest BCUT2D eigenvalue weighted by atomic mass is 10.1. The Hall–Kier alpha value is -2.16. The van der Waals surface area contributed by atoms with Gasteiger partial charge in [-0.25, -0.2) is 18.1 Å². The van der Waals surface area contributed by atoms with Gasteiger partial charge in [0.05, 0.1) is 16.3 Å². The van der Waals surface area contributed by atoms with E-state index in [2.05, 4.69) is 4.98 Å². The van der Waals surface area contributed by atoms with Gasteiger partial charge in [0.25, 0.3) is 5.91 Å². The molecule has 3 rings (SSSR count). The lowest BCUT2D eigenvalue weighted by molar-refractivity contribution is -0.136. The standard InChI is InChI=1S/C14H11F3N2O3S/c15-14(16,17)10-7-12(18-11-4-2-1-3-9(10)11)13(20)19-23(21,22)8-5-6-8/h1-4,7-8H,5-6H2,(H,19,20). The highest BCUT2D eigenvalue weighted by atomic mass is 32.2. The molecule has 0 spiro atoms. The second kappa shape index (κ2) is 5.19. The van der Waals surface area contributed by atoms with Crippen molar-refractivity contribution >= 4 is 26.8 Å². The molecule has 122 valence electrons. The van der Waals surface area contributed by atoms with E-state index in [1.807, 2.05) is 0 Å². The van der Waals surface area contributed by atoms with Gasteiger partial charge in [-0.1, -0.05) is 18.2 Å². The number of rotatable bonds is 3. The number of benzene rings is 1. The molecule has 1 aromatic carbocycles. The number of halogens is 3. The van der Waals surface area contributed by atoms with Crippen LogP contribution in [0, 0.1) is 0 Å². The monoisotopic (exact) mass is 344 g/mol. The molecule has 1 saturated carbocycles. The minimum Gasteiger partial charge on any atom is -0.266 e. The topological polar surface area (TPSA) is 76.1 Å². The number of para-hydroxylation sites is 1. The van der Waals surface area contributed by atoms with Crippen molar-refractivity contribution in [3.05, 3.63) is 41.6 Å². The van der Waals surface area contributed by atoms with Crippen LogP contribution in [-0.2, 0) is 16.2 Å². The van der Waals surface area contributed by atoms with Crippen molar-refractivity contribution < 1.29 is 26.4 Å². The van der Waals surface area contributed by atoms with Crippen molar-refractivity contribution in [1.29, 1.82) is 0 Å². The first-order chi connectivity index (χ1) is 10.7. The molecule has 9 heteroatoms. The first-order valence-electron chi connectivity index (χ1n) is 6.71. The van der Waals surface area contributed by atoms with Gasteiger partial charge in [-0.2, -0.15) is 13.2 Å². The van der Waals surface area contributed by atoms with Crippen molar-refractivity contribution in [3.8, 4) is 0 Å². The summed E-state index contributed by atoms with van der Waals surface area (Å²) in [6, 6.07) is 6.05. The minimum absolute atomic E-state index is 0.0312. The summed E-state index contributed by atoms with van der Waals surface area (Å²) in [7, 11) is -3.86. The molecule has 1 aromatic heterocycles. The van der Waals surface area contributed by atoms with Gasteiger partial charge < -0.3 is 0 Å². The van der Waals surface area contributed by atoms with Crippen molar-refractivity contribution in [1.82, 2.24) is 9.71 Å². The van der Waals surface area contributed by atoms with E-state index < -0.39 is 38.6 Å². The Morgan fingerprint density at radius 1 is 1.22 bits per heavy atom. The first-order valence-corrected chi connectivity index (χ1v) is 8.26. The Morgan fingerprint density at radius 3 is 2.48 bits per heavy atom. The number of sulfonamides is 1. The van der Waals surface area contributed by atoms with Crippen LogP contribution in [0.2, 0.25) is 0 Å². The predicted octanol–water partition coefficient (Wildman–Crippen LogP) is 2.48.